The number of thioether (sulfide) groups is 1. The summed E-state index contributed by atoms with van der Waals surface area (Å²) in [5.74, 6) is 1.81. The number of hydrogen-bond donors (Lipinski definition) is 0. The van der Waals surface area contributed by atoms with Crippen LogP contribution in [-0.2, 0) is 4.79 Å². The number of amides is 1. The maximum Gasteiger partial charge on any atom is 0.286 e. The topological polar surface area (TPSA) is 45.8 Å². The molecule has 140 valence electrons. The lowest BCUT2D eigenvalue weighted by Crippen LogP contribution is -2.35. The Balaban J connectivity index is 1.49. The highest BCUT2D eigenvalue weighted by Crippen LogP contribution is 2.34. The van der Waals surface area contributed by atoms with E-state index in [1.807, 2.05) is 18.2 Å². The summed E-state index contributed by atoms with van der Waals surface area (Å²) >= 11 is 13.5. The van der Waals surface area contributed by atoms with E-state index in [1.165, 1.54) is 11.8 Å². The van der Waals surface area contributed by atoms with Crippen molar-refractivity contribution in [3.05, 3.63) is 51.0 Å². The number of aliphatic imine (C=N–C) groups is 1. The van der Waals surface area contributed by atoms with E-state index in [4.69, 9.17) is 27.6 Å². The van der Waals surface area contributed by atoms with Crippen LogP contribution in [0.2, 0.25) is 10.0 Å². The molecule has 0 saturated carbocycles. The fourth-order valence-electron chi connectivity index (χ4n) is 3.10. The maximum absolute atomic E-state index is 12.3. The number of halogens is 2. The van der Waals surface area contributed by atoms with Crippen LogP contribution in [0, 0.1) is 5.92 Å². The molecule has 2 aromatic rings. The summed E-state index contributed by atoms with van der Waals surface area (Å²) < 4.78 is 5.86. The molecule has 0 bridgehead atoms. The summed E-state index contributed by atoms with van der Waals surface area (Å²) in [6.45, 7) is 4.17. The number of furan rings is 1. The lowest BCUT2D eigenvalue weighted by Gasteiger charge is -2.30. The highest BCUT2D eigenvalue weighted by Gasteiger charge is 2.28. The van der Waals surface area contributed by atoms with E-state index in [9.17, 15) is 4.79 Å². The Morgan fingerprint density at radius 3 is 2.70 bits per heavy atom. The summed E-state index contributed by atoms with van der Waals surface area (Å²) in [5.41, 5.74) is 0.832. The molecule has 0 unspecified atom stereocenters. The second-order valence-electron chi connectivity index (χ2n) is 6.81. The zero-order valence-corrected chi connectivity index (χ0v) is 17.1. The third-order valence-electron chi connectivity index (χ3n) is 4.77. The smallest absolute Gasteiger partial charge is 0.286 e. The Morgan fingerprint density at radius 1 is 1.19 bits per heavy atom. The first-order valence-electron chi connectivity index (χ1n) is 8.82. The number of rotatable bonds is 2. The molecule has 1 saturated heterocycles. The van der Waals surface area contributed by atoms with Crippen LogP contribution >= 0.6 is 35.0 Å². The van der Waals surface area contributed by atoms with Gasteiger partial charge in [-0.1, -0.05) is 30.1 Å². The van der Waals surface area contributed by atoms with Crippen molar-refractivity contribution < 1.29 is 9.21 Å². The Labute approximate surface area is 172 Å². The summed E-state index contributed by atoms with van der Waals surface area (Å²) in [7, 11) is 0. The van der Waals surface area contributed by atoms with E-state index in [0.717, 1.165) is 42.6 Å². The van der Waals surface area contributed by atoms with Gasteiger partial charge in [-0.3, -0.25) is 4.79 Å². The van der Waals surface area contributed by atoms with Gasteiger partial charge >= 0.3 is 0 Å². The number of piperidine rings is 1. The van der Waals surface area contributed by atoms with E-state index < -0.39 is 0 Å². The Bertz CT molecular complexity index is 943. The van der Waals surface area contributed by atoms with Gasteiger partial charge in [0.15, 0.2) is 5.17 Å². The van der Waals surface area contributed by atoms with Crippen LogP contribution in [0.4, 0.5) is 0 Å². The van der Waals surface area contributed by atoms with Crippen LogP contribution in [0.15, 0.2) is 44.6 Å². The van der Waals surface area contributed by atoms with Gasteiger partial charge in [-0.25, -0.2) is 0 Å². The van der Waals surface area contributed by atoms with Gasteiger partial charge in [-0.15, -0.1) is 0 Å². The number of likely N-dealkylation sites (tertiary alicyclic amines) is 1. The number of amidine groups is 1. The molecule has 2 aliphatic heterocycles. The molecule has 1 aromatic carbocycles. The minimum atomic E-state index is -0.207. The van der Waals surface area contributed by atoms with Gasteiger partial charge in [0.2, 0.25) is 0 Å². The fourth-order valence-corrected chi connectivity index (χ4v) is 4.34. The largest absolute Gasteiger partial charge is 0.457 e. The predicted molar refractivity (Wildman–Crippen MR) is 112 cm³/mol. The van der Waals surface area contributed by atoms with Crippen LogP contribution in [0.1, 0.15) is 25.5 Å². The molecule has 3 heterocycles. The van der Waals surface area contributed by atoms with Crippen molar-refractivity contribution in [3.63, 3.8) is 0 Å². The summed E-state index contributed by atoms with van der Waals surface area (Å²) in [6.07, 6.45) is 4.02. The zero-order chi connectivity index (χ0) is 19.0. The lowest BCUT2D eigenvalue weighted by atomic mass is 10.00. The molecule has 4 nitrogen and oxygen atoms in total. The molecule has 1 aromatic heterocycles. The summed E-state index contributed by atoms with van der Waals surface area (Å²) in [5, 5.41) is 1.77. The number of benzene rings is 1. The molecule has 1 fully saturated rings. The first-order chi connectivity index (χ1) is 13.0. The normalized spacial score (nSPS) is 19.8. The second-order valence-corrected chi connectivity index (χ2v) is 8.63. The summed E-state index contributed by atoms with van der Waals surface area (Å²) in [6, 6.07) is 9.02. The third-order valence-corrected chi connectivity index (χ3v) is 6.55. The zero-order valence-electron chi connectivity index (χ0n) is 14.7. The molecule has 0 N–H and O–H groups in total. The minimum absolute atomic E-state index is 0.207. The first kappa shape index (κ1) is 18.7. The Morgan fingerprint density at radius 2 is 1.96 bits per heavy atom. The van der Waals surface area contributed by atoms with Gasteiger partial charge in [0.05, 0.1) is 15.0 Å². The molecule has 7 heteroatoms. The van der Waals surface area contributed by atoms with Crippen LogP contribution < -0.4 is 0 Å². The van der Waals surface area contributed by atoms with E-state index >= 15 is 0 Å². The SMILES string of the molecule is CC1CCN(C2=NC(=O)C(=Cc3ccc(-c4ccc(Cl)c(Cl)c4)o3)S2)CC1. The van der Waals surface area contributed by atoms with Crippen LogP contribution in [0.3, 0.4) is 0 Å². The highest BCUT2D eigenvalue weighted by atomic mass is 35.5. The van der Waals surface area contributed by atoms with Crippen molar-refractivity contribution in [3.8, 4) is 11.3 Å². The van der Waals surface area contributed by atoms with Crippen molar-refractivity contribution in [1.82, 2.24) is 4.90 Å². The van der Waals surface area contributed by atoms with E-state index in [0.29, 0.717) is 26.5 Å². The molecule has 4 rings (SSSR count). The maximum atomic E-state index is 12.3. The molecule has 27 heavy (non-hydrogen) atoms. The van der Waals surface area contributed by atoms with E-state index in [-0.39, 0.29) is 5.91 Å². The quantitative estimate of drug-likeness (QED) is 0.562. The van der Waals surface area contributed by atoms with Gasteiger partial charge < -0.3 is 9.32 Å². The van der Waals surface area contributed by atoms with Gasteiger partial charge in [0.1, 0.15) is 11.5 Å². The molecule has 2 aliphatic rings. The van der Waals surface area contributed by atoms with Crippen molar-refractivity contribution in [1.29, 1.82) is 0 Å². The average Bonchev–Trinajstić information content (AvgIpc) is 3.26. The van der Waals surface area contributed by atoms with Gasteiger partial charge in [-0.2, -0.15) is 4.99 Å². The number of hydrogen-bond acceptors (Lipinski definition) is 4. The van der Waals surface area contributed by atoms with Gasteiger partial charge in [-0.05, 0) is 60.9 Å². The van der Waals surface area contributed by atoms with Crippen LogP contribution in [0.25, 0.3) is 17.4 Å². The predicted octanol–water partition coefficient (Wildman–Crippen LogP) is 5.96. The third kappa shape index (κ3) is 4.10. The molecular weight excluding hydrogens is 403 g/mol. The van der Waals surface area contributed by atoms with E-state index in [1.54, 1.807) is 18.2 Å². The fraction of sp³-hybridized carbons (Fsp3) is 0.300. The molecule has 0 atom stereocenters. The second kappa shape index (κ2) is 7.74. The Kier molecular flexibility index (Phi) is 5.35. The van der Waals surface area contributed by atoms with Crippen molar-refractivity contribution in [2.24, 2.45) is 10.9 Å². The molecule has 0 spiro atoms. The highest BCUT2D eigenvalue weighted by molar-refractivity contribution is 8.18. The first-order valence-corrected chi connectivity index (χ1v) is 10.4. The van der Waals surface area contributed by atoms with Crippen molar-refractivity contribution >= 4 is 52.1 Å². The average molecular weight is 421 g/mol. The molecule has 1 amide bonds. The van der Waals surface area contributed by atoms with Crippen LogP contribution in [0.5, 0.6) is 0 Å². The molecular formula is C20H18Cl2N2O2S. The van der Waals surface area contributed by atoms with Crippen LogP contribution in [-0.4, -0.2) is 29.1 Å². The standard InChI is InChI=1S/C20H18Cl2N2O2S/c1-12-6-8-24(9-7-12)20-23-19(25)18(27-20)11-14-3-5-17(26-14)13-2-4-15(21)16(22)10-13/h2-5,10-12H,6-9H2,1H3. The molecule has 0 radical (unpaired) electrons. The number of carbonyl (C=O) groups excluding carboxylic acids is 1. The summed E-state index contributed by atoms with van der Waals surface area (Å²) in [4.78, 5) is 19.3. The minimum Gasteiger partial charge on any atom is -0.457 e. The number of nitrogens with zero attached hydrogens (tertiary/aromatic N) is 2. The van der Waals surface area contributed by atoms with E-state index in [2.05, 4.69) is 16.8 Å². The van der Waals surface area contributed by atoms with Crippen molar-refractivity contribution in [2.75, 3.05) is 13.1 Å². The van der Waals surface area contributed by atoms with Crippen molar-refractivity contribution in [2.45, 2.75) is 19.8 Å². The van der Waals surface area contributed by atoms with Gasteiger partial charge in [0.25, 0.3) is 5.91 Å². The van der Waals surface area contributed by atoms with Gasteiger partial charge in [0, 0.05) is 24.7 Å². The number of carbonyl (C=O) groups is 1. The monoisotopic (exact) mass is 420 g/mol. The molecule has 0 aliphatic carbocycles. The lowest BCUT2D eigenvalue weighted by molar-refractivity contribution is -0.113. The Hall–Kier alpha value is -1.69.